The summed E-state index contributed by atoms with van der Waals surface area (Å²) >= 11 is 0. The number of anilines is 1. The number of hydrogen-bond acceptors (Lipinski definition) is 7. The third kappa shape index (κ3) is 3.10. The van der Waals surface area contributed by atoms with Gasteiger partial charge in [0.25, 0.3) is 0 Å². The van der Waals surface area contributed by atoms with Crippen LogP contribution < -0.4 is 5.32 Å². The van der Waals surface area contributed by atoms with E-state index in [1.54, 1.807) is 22.9 Å². The predicted molar refractivity (Wildman–Crippen MR) is 105 cm³/mol. The van der Waals surface area contributed by atoms with Crippen molar-refractivity contribution in [3.8, 4) is 11.5 Å². The van der Waals surface area contributed by atoms with Crippen molar-refractivity contribution in [3.05, 3.63) is 71.0 Å². The summed E-state index contributed by atoms with van der Waals surface area (Å²) in [4.78, 5) is 28.8. The van der Waals surface area contributed by atoms with E-state index in [-0.39, 0.29) is 11.7 Å². The van der Waals surface area contributed by atoms with E-state index < -0.39 is 5.82 Å². The van der Waals surface area contributed by atoms with Gasteiger partial charge in [-0.3, -0.25) is 9.38 Å². The van der Waals surface area contributed by atoms with Gasteiger partial charge in [0, 0.05) is 18.1 Å². The molecule has 4 heterocycles. The molecule has 1 unspecified atom stereocenters. The highest BCUT2D eigenvalue weighted by Gasteiger charge is 2.23. The van der Waals surface area contributed by atoms with Crippen LogP contribution >= 0.6 is 0 Å². The summed E-state index contributed by atoms with van der Waals surface area (Å²) in [6, 6.07) is 6.81. The second-order valence-electron chi connectivity index (χ2n) is 6.87. The topological polar surface area (TPSA) is 97.4 Å². The number of nitrogens with one attached hydrogen (secondary N) is 1. The first-order valence-corrected chi connectivity index (χ1v) is 9.26. The number of nitroso groups, excluding NO2 is 1. The molecule has 8 nitrogen and oxygen atoms in total. The van der Waals surface area contributed by atoms with Gasteiger partial charge >= 0.3 is 0 Å². The summed E-state index contributed by atoms with van der Waals surface area (Å²) in [6.07, 6.45) is 8.84. The highest BCUT2D eigenvalue weighted by molar-refractivity contribution is 5.65. The van der Waals surface area contributed by atoms with Gasteiger partial charge in [0.1, 0.15) is 17.2 Å². The molecule has 0 fully saturated rings. The number of fused-ring (bicyclic) bond motifs is 2. The van der Waals surface area contributed by atoms with Gasteiger partial charge in [-0.05, 0) is 48.2 Å². The number of imidazole rings is 1. The number of aromatic nitrogens is 5. The Morgan fingerprint density at radius 1 is 1.17 bits per heavy atom. The van der Waals surface area contributed by atoms with E-state index in [0.717, 1.165) is 30.5 Å². The summed E-state index contributed by atoms with van der Waals surface area (Å²) in [7, 11) is 0. The van der Waals surface area contributed by atoms with Gasteiger partial charge in [0.15, 0.2) is 17.3 Å². The summed E-state index contributed by atoms with van der Waals surface area (Å²) in [5.41, 5.74) is 3.34. The van der Waals surface area contributed by atoms with Gasteiger partial charge < -0.3 is 5.32 Å². The summed E-state index contributed by atoms with van der Waals surface area (Å²) in [6.45, 7) is 0. The fourth-order valence-corrected chi connectivity index (χ4v) is 3.71. The molecule has 29 heavy (non-hydrogen) atoms. The third-order valence-electron chi connectivity index (χ3n) is 5.08. The van der Waals surface area contributed by atoms with Gasteiger partial charge in [-0.15, -0.1) is 4.91 Å². The lowest BCUT2D eigenvalue weighted by Crippen LogP contribution is -2.19. The van der Waals surface area contributed by atoms with E-state index in [1.165, 1.54) is 18.5 Å². The van der Waals surface area contributed by atoms with Crippen molar-refractivity contribution >= 4 is 17.2 Å². The van der Waals surface area contributed by atoms with Gasteiger partial charge in [0.05, 0.1) is 18.4 Å². The Hall–Kier alpha value is -3.75. The monoisotopic (exact) mass is 389 g/mol. The lowest BCUT2D eigenvalue weighted by atomic mass is 9.91. The van der Waals surface area contributed by atoms with Crippen molar-refractivity contribution in [2.45, 2.75) is 25.3 Å². The fourth-order valence-electron chi connectivity index (χ4n) is 3.71. The van der Waals surface area contributed by atoms with Crippen molar-refractivity contribution in [2.75, 3.05) is 5.32 Å². The first kappa shape index (κ1) is 17.4. The molecule has 0 spiro atoms. The first-order chi connectivity index (χ1) is 14.2. The molecule has 1 N–H and O–H groups in total. The SMILES string of the molecule is O=Nc1cnc(-c2cnc3ccc(F)cn23)nc1NC1CCCc2ncccc21. The van der Waals surface area contributed by atoms with Crippen LogP contribution in [0.2, 0.25) is 0 Å². The van der Waals surface area contributed by atoms with E-state index in [9.17, 15) is 9.30 Å². The van der Waals surface area contributed by atoms with Crippen molar-refractivity contribution in [3.63, 3.8) is 0 Å². The molecule has 4 aromatic heterocycles. The highest BCUT2D eigenvalue weighted by atomic mass is 19.1. The Balaban J connectivity index is 1.56. The molecule has 4 aromatic rings. The number of hydrogen-bond donors (Lipinski definition) is 1. The van der Waals surface area contributed by atoms with E-state index in [0.29, 0.717) is 23.0 Å². The minimum atomic E-state index is -0.396. The second-order valence-corrected chi connectivity index (χ2v) is 6.87. The minimum Gasteiger partial charge on any atom is -0.361 e. The molecule has 1 aliphatic rings. The molecule has 5 rings (SSSR count). The molecule has 0 bridgehead atoms. The van der Waals surface area contributed by atoms with Gasteiger partial charge in [-0.2, -0.15) is 0 Å². The molecule has 0 aromatic carbocycles. The summed E-state index contributed by atoms with van der Waals surface area (Å²) in [5, 5.41) is 6.39. The molecule has 0 amide bonds. The van der Waals surface area contributed by atoms with Crippen LogP contribution in [0.3, 0.4) is 0 Å². The summed E-state index contributed by atoms with van der Waals surface area (Å²) < 4.78 is 15.3. The average molecular weight is 389 g/mol. The molecule has 0 aliphatic heterocycles. The van der Waals surface area contributed by atoms with Crippen LogP contribution in [0, 0.1) is 10.7 Å². The molecule has 1 atom stereocenters. The van der Waals surface area contributed by atoms with Crippen LogP contribution in [0.4, 0.5) is 15.9 Å². The Kier molecular flexibility index (Phi) is 4.19. The molecule has 0 saturated heterocycles. The van der Waals surface area contributed by atoms with E-state index in [1.807, 2.05) is 12.1 Å². The number of rotatable bonds is 4. The van der Waals surface area contributed by atoms with Crippen molar-refractivity contribution in [1.29, 1.82) is 0 Å². The molecule has 0 saturated carbocycles. The highest BCUT2D eigenvalue weighted by Crippen LogP contribution is 2.34. The number of nitrogens with zero attached hydrogens (tertiary/aromatic N) is 6. The maximum absolute atomic E-state index is 13.7. The van der Waals surface area contributed by atoms with Crippen molar-refractivity contribution in [1.82, 2.24) is 24.3 Å². The van der Waals surface area contributed by atoms with Crippen molar-refractivity contribution in [2.24, 2.45) is 5.18 Å². The molecule has 144 valence electrons. The van der Waals surface area contributed by atoms with Gasteiger partial charge in [-0.1, -0.05) is 6.07 Å². The van der Waals surface area contributed by atoms with E-state index in [2.05, 4.69) is 30.4 Å². The van der Waals surface area contributed by atoms with E-state index >= 15 is 0 Å². The zero-order valence-electron chi connectivity index (χ0n) is 15.3. The lowest BCUT2D eigenvalue weighted by molar-refractivity contribution is 0.587. The van der Waals surface area contributed by atoms with Crippen LogP contribution in [0.1, 0.15) is 30.1 Å². The third-order valence-corrected chi connectivity index (χ3v) is 5.08. The predicted octanol–water partition coefficient (Wildman–Crippen LogP) is 4.21. The second kappa shape index (κ2) is 7.01. The number of aryl methyl sites for hydroxylation is 1. The molecule has 0 radical (unpaired) electrons. The minimum absolute atomic E-state index is 0.0321. The zero-order chi connectivity index (χ0) is 19.8. The van der Waals surface area contributed by atoms with Crippen LogP contribution in [-0.2, 0) is 6.42 Å². The van der Waals surface area contributed by atoms with Crippen LogP contribution in [0.25, 0.3) is 17.2 Å². The summed E-state index contributed by atoms with van der Waals surface area (Å²) in [5.74, 6) is 0.255. The molecule has 1 aliphatic carbocycles. The van der Waals surface area contributed by atoms with E-state index in [4.69, 9.17) is 0 Å². The van der Waals surface area contributed by atoms with Gasteiger partial charge in [-0.25, -0.2) is 19.3 Å². The van der Waals surface area contributed by atoms with Gasteiger partial charge in [0.2, 0.25) is 0 Å². The van der Waals surface area contributed by atoms with Crippen LogP contribution in [0.15, 0.2) is 54.2 Å². The normalized spacial score (nSPS) is 15.8. The Bertz CT molecular complexity index is 1220. The maximum Gasteiger partial charge on any atom is 0.180 e. The Labute approximate surface area is 164 Å². The number of pyridine rings is 2. The largest absolute Gasteiger partial charge is 0.361 e. The zero-order valence-corrected chi connectivity index (χ0v) is 15.3. The quantitative estimate of drug-likeness (QED) is 0.525. The van der Waals surface area contributed by atoms with Crippen LogP contribution in [-0.4, -0.2) is 24.3 Å². The Morgan fingerprint density at radius 3 is 3.00 bits per heavy atom. The lowest BCUT2D eigenvalue weighted by Gasteiger charge is -2.26. The Morgan fingerprint density at radius 2 is 2.10 bits per heavy atom. The smallest absolute Gasteiger partial charge is 0.180 e. The maximum atomic E-state index is 13.7. The van der Waals surface area contributed by atoms with Crippen LogP contribution in [0.5, 0.6) is 0 Å². The molecule has 9 heteroatoms. The molecular formula is C20H16FN7O. The number of halogens is 1. The molecular weight excluding hydrogens is 373 g/mol. The van der Waals surface area contributed by atoms with Crippen molar-refractivity contribution < 1.29 is 4.39 Å². The standard InChI is InChI=1S/C20H16FN7O/c21-12-6-7-18-23-10-17(28(18)11-12)20-24-9-16(27-29)19(26-20)25-15-5-1-4-14-13(15)3-2-8-22-14/h2-3,6-11,15H,1,4-5H2,(H,24,25,26). The fraction of sp³-hybridized carbons (Fsp3) is 0.200. The average Bonchev–Trinajstić information content (AvgIpc) is 3.17. The first-order valence-electron chi connectivity index (χ1n) is 9.26.